The molecular weight excluding hydrogens is 226 g/mol. The molecule has 2 aliphatic heterocycles. The van der Waals surface area contributed by atoms with Gasteiger partial charge in [0.25, 0.3) is 0 Å². The van der Waals surface area contributed by atoms with E-state index >= 15 is 0 Å². The fourth-order valence-electron chi connectivity index (χ4n) is 3.09. The van der Waals surface area contributed by atoms with Crippen molar-refractivity contribution in [3.8, 4) is 5.75 Å². The van der Waals surface area contributed by atoms with E-state index in [0.717, 1.165) is 50.1 Å². The number of benzene rings is 1. The fraction of sp³-hybridized carbons (Fsp3) is 0.600. The van der Waals surface area contributed by atoms with Crippen molar-refractivity contribution in [2.24, 2.45) is 0 Å². The van der Waals surface area contributed by atoms with E-state index in [1.165, 1.54) is 11.1 Å². The van der Waals surface area contributed by atoms with Gasteiger partial charge in [-0.05, 0) is 50.8 Å². The van der Waals surface area contributed by atoms with Crippen LogP contribution < -0.4 is 10.1 Å². The van der Waals surface area contributed by atoms with Crippen molar-refractivity contribution in [2.45, 2.75) is 44.8 Å². The summed E-state index contributed by atoms with van der Waals surface area (Å²) >= 11 is 0. The molecule has 2 aliphatic rings. The molecule has 3 rings (SSSR count). The van der Waals surface area contributed by atoms with E-state index in [-0.39, 0.29) is 6.04 Å². The lowest BCUT2D eigenvalue weighted by atomic mass is 9.93. The van der Waals surface area contributed by atoms with Gasteiger partial charge in [-0.25, -0.2) is 0 Å². The molecule has 1 aromatic carbocycles. The Hall–Kier alpha value is -1.06. The molecule has 2 N–H and O–H groups in total. The first-order chi connectivity index (χ1) is 8.75. The van der Waals surface area contributed by atoms with Crippen LogP contribution in [-0.4, -0.2) is 24.3 Å². The van der Waals surface area contributed by atoms with Crippen LogP contribution in [0.5, 0.6) is 5.75 Å². The van der Waals surface area contributed by atoms with Crippen LogP contribution in [0, 0.1) is 6.92 Å². The molecule has 0 saturated carbocycles. The Morgan fingerprint density at radius 3 is 3.06 bits per heavy atom. The Labute approximate surface area is 108 Å². The highest BCUT2D eigenvalue weighted by Gasteiger charge is 2.28. The van der Waals surface area contributed by atoms with Crippen molar-refractivity contribution >= 4 is 0 Å². The molecule has 1 fully saturated rings. The third kappa shape index (κ3) is 2.13. The Kier molecular flexibility index (Phi) is 3.27. The summed E-state index contributed by atoms with van der Waals surface area (Å²) in [6.45, 7) is 3.87. The van der Waals surface area contributed by atoms with Crippen molar-refractivity contribution in [2.75, 3.05) is 13.2 Å². The zero-order valence-corrected chi connectivity index (χ0v) is 10.9. The molecule has 0 radical (unpaired) electrons. The number of rotatable bonds is 2. The van der Waals surface area contributed by atoms with E-state index in [0.29, 0.717) is 0 Å². The van der Waals surface area contributed by atoms with Gasteiger partial charge in [0.15, 0.2) is 0 Å². The average Bonchev–Trinajstić information content (AvgIpc) is 2.90. The number of aliphatic hydroxyl groups is 1. The highest BCUT2D eigenvalue weighted by atomic mass is 16.5. The lowest BCUT2D eigenvalue weighted by Crippen LogP contribution is -2.29. The van der Waals surface area contributed by atoms with E-state index in [4.69, 9.17) is 4.74 Å². The van der Waals surface area contributed by atoms with Crippen LogP contribution in [0.25, 0.3) is 0 Å². The minimum atomic E-state index is -0.445. The minimum Gasteiger partial charge on any atom is -0.493 e. The number of aliphatic hydroxyl groups excluding tert-OH is 1. The van der Waals surface area contributed by atoms with E-state index in [1.54, 1.807) is 0 Å². The molecule has 0 spiro atoms. The highest BCUT2D eigenvalue weighted by molar-refractivity contribution is 5.47. The van der Waals surface area contributed by atoms with E-state index in [9.17, 15) is 5.11 Å². The zero-order chi connectivity index (χ0) is 12.5. The molecule has 18 heavy (non-hydrogen) atoms. The van der Waals surface area contributed by atoms with Crippen LogP contribution in [0.2, 0.25) is 0 Å². The number of hydrogen-bond donors (Lipinski definition) is 2. The number of fused-ring (bicyclic) bond motifs is 1. The zero-order valence-electron chi connectivity index (χ0n) is 10.9. The molecule has 0 aromatic heterocycles. The van der Waals surface area contributed by atoms with Crippen LogP contribution in [0.4, 0.5) is 0 Å². The van der Waals surface area contributed by atoms with Crippen LogP contribution in [-0.2, 0) is 6.42 Å². The van der Waals surface area contributed by atoms with Gasteiger partial charge < -0.3 is 15.2 Å². The maximum Gasteiger partial charge on any atom is 0.128 e. The predicted octanol–water partition coefficient (Wildman–Crippen LogP) is 2.11. The van der Waals surface area contributed by atoms with Gasteiger partial charge in [-0.15, -0.1) is 0 Å². The second kappa shape index (κ2) is 4.90. The quantitative estimate of drug-likeness (QED) is 0.841. The van der Waals surface area contributed by atoms with Crippen molar-refractivity contribution in [1.82, 2.24) is 5.32 Å². The Balaban J connectivity index is 1.96. The molecule has 1 saturated heterocycles. The summed E-state index contributed by atoms with van der Waals surface area (Å²) in [5, 5.41) is 13.9. The first-order valence-electron chi connectivity index (χ1n) is 6.93. The summed E-state index contributed by atoms with van der Waals surface area (Å²) in [5.74, 6) is 0.938. The summed E-state index contributed by atoms with van der Waals surface area (Å²) in [5.41, 5.74) is 3.45. The standard InChI is InChI=1S/C15H21NO2/c1-10-8-11-4-3-7-18-15(11)12(9-10)14(17)13-5-2-6-16-13/h8-9,13-14,16-17H,2-7H2,1H3. The molecule has 0 bridgehead atoms. The average molecular weight is 247 g/mol. The Bertz CT molecular complexity index is 438. The van der Waals surface area contributed by atoms with Gasteiger partial charge in [0.1, 0.15) is 5.75 Å². The monoisotopic (exact) mass is 247 g/mol. The lowest BCUT2D eigenvalue weighted by molar-refractivity contribution is 0.131. The summed E-state index contributed by atoms with van der Waals surface area (Å²) in [7, 11) is 0. The highest BCUT2D eigenvalue weighted by Crippen LogP contribution is 2.36. The van der Waals surface area contributed by atoms with Crippen LogP contribution in [0.15, 0.2) is 12.1 Å². The van der Waals surface area contributed by atoms with Crippen LogP contribution in [0.3, 0.4) is 0 Å². The number of hydrogen-bond acceptors (Lipinski definition) is 3. The molecule has 1 aromatic rings. The van der Waals surface area contributed by atoms with Crippen molar-refractivity contribution in [1.29, 1.82) is 0 Å². The predicted molar refractivity (Wildman–Crippen MR) is 71.0 cm³/mol. The SMILES string of the molecule is Cc1cc2c(c(C(O)C3CCCN3)c1)OCCC2. The van der Waals surface area contributed by atoms with Crippen molar-refractivity contribution in [3.05, 3.63) is 28.8 Å². The molecule has 2 atom stereocenters. The smallest absolute Gasteiger partial charge is 0.128 e. The summed E-state index contributed by atoms with van der Waals surface area (Å²) < 4.78 is 5.80. The Morgan fingerprint density at radius 2 is 2.28 bits per heavy atom. The number of ether oxygens (including phenoxy) is 1. The molecular formula is C15H21NO2. The van der Waals surface area contributed by atoms with Crippen LogP contribution >= 0.6 is 0 Å². The van der Waals surface area contributed by atoms with Gasteiger partial charge in [-0.2, -0.15) is 0 Å². The van der Waals surface area contributed by atoms with Gasteiger partial charge in [0.05, 0.1) is 12.7 Å². The third-order valence-electron chi connectivity index (χ3n) is 3.97. The summed E-state index contributed by atoms with van der Waals surface area (Å²) in [6, 6.07) is 4.45. The minimum absolute atomic E-state index is 0.182. The molecule has 0 amide bonds. The summed E-state index contributed by atoms with van der Waals surface area (Å²) in [4.78, 5) is 0. The lowest BCUT2D eigenvalue weighted by Gasteiger charge is -2.26. The number of aryl methyl sites for hydroxylation is 2. The van der Waals surface area contributed by atoms with Gasteiger partial charge in [-0.3, -0.25) is 0 Å². The largest absolute Gasteiger partial charge is 0.493 e. The molecule has 3 heteroatoms. The Morgan fingerprint density at radius 1 is 1.39 bits per heavy atom. The van der Waals surface area contributed by atoms with E-state index in [2.05, 4.69) is 24.4 Å². The van der Waals surface area contributed by atoms with Gasteiger partial charge in [0.2, 0.25) is 0 Å². The van der Waals surface area contributed by atoms with Crippen LogP contribution in [0.1, 0.15) is 42.1 Å². The maximum absolute atomic E-state index is 10.6. The second-order valence-corrected chi connectivity index (χ2v) is 5.44. The van der Waals surface area contributed by atoms with Gasteiger partial charge in [0, 0.05) is 11.6 Å². The van der Waals surface area contributed by atoms with E-state index < -0.39 is 6.10 Å². The third-order valence-corrected chi connectivity index (χ3v) is 3.97. The maximum atomic E-state index is 10.6. The first-order valence-corrected chi connectivity index (χ1v) is 6.93. The van der Waals surface area contributed by atoms with Gasteiger partial charge >= 0.3 is 0 Å². The van der Waals surface area contributed by atoms with Crippen molar-refractivity contribution < 1.29 is 9.84 Å². The van der Waals surface area contributed by atoms with Crippen molar-refractivity contribution in [3.63, 3.8) is 0 Å². The van der Waals surface area contributed by atoms with Gasteiger partial charge in [-0.1, -0.05) is 11.6 Å². The molecule has 2 heterocycles. The first kappa shape index (κ1) is 12.0. The molecule has 98 valence electrons. The topological polar surface area (TPSA) is 41.5 Å². The molecule has 2 unspecified atom stereocenters. The second-order valence-electron chi connectivity index (χ2n) is 5.44. The summed E-state index contributed by atoms with van der Waals surface area (Å²) in [6.07, 6.45) is 3.89. The van der Waals surface area contributed by atoms with E-state index in [1.807, 2.05) is 0 Å². The number of nitrogens with one attached hydrogen (secondary N) is 1. The normalized spacial score (nSPS) is 24.4. The molecule has 3 nitrogen and oxygen atoms in total. The fourth-order valence-corrected chi connectivity index (χ4v) is 3.09. The molecule has 0 aliphatic carbocycles.